The second kappa shape index (κ2) is 11.4. The van der Waals surface area contributed by atoms with E-state index in [4.69, 9.17) is 0 Å². The molecular formula is C20H27FIN5S. The normalized spacial score (nSPS) is 11.5. The zero-order chi connectivity index (χ0) is 19.1. The summed E-state index contributed by atoms with van der Waals surface area (Å²) in [6, 6.07) is 4.83. The number of aromatic amines is 1. The molecule has 5 nitrogen and oxygen atoms in total. The standard InChI is InChI=1S/C20H26FN5S.HI/c1-14-13-27-19(26-14)5-3-4-9-23-20(22-2)24-10-8-15-12-25-18-7-6-16(21)11-17(15)18;/h6-7,11-13,25H,3-5,8-10H2,1-2H3,(H2,22,23,24);1H. The molecule has 0 fully saturated rings. The van der Waals surface area contributed by atoms with Crippen molar-refractivity contribution >= 4 is 52.2 Å². The van der Waals surface area contributed by atoms with Crippen LogP contribution in [0.1, 0.15) is 29.1 Å². The Morgan fingerprint density at radius 3 is 2.79 bits per heavy atom. The van der Waals surface area contributed by atoms with Gasteiger partial charge < -0.3 is 15.6 Å². The van der Waals surface area contributed by atoms with Crippen LogP contribution in [0, 0.1) is 12.7 Å². The van der Waals surface area contributed by atoms with Gasteiger partial charge in [-0.3, -0.25) is 4.99 Å². The summed E-state index contributed by atoms with van der Waals surface area (Å²) >= 11 is 1.74. The second-order valence-corrected chi connectivity index (χ2v) is 7.46. The lowest BCUT2D eigenvalue weighted by Gasteiger charge is -2.11. The molecule has 152 valence electrons. The summed E-state index contributed by atoms with van der Waals surface area (Å²) in [6.07, 6.45) is 5.96. The van der Waals surface area contributed by atoms with Gasteiger partial charge in [-0.15, -0.1) is 35.3 Å². The van der Waals surface area contributed by atoms with Crippen molar-refractivity contribution in [1.82, 2.24) is 20.6 Å². The molecule has 3 N–H and O–H groups in total. The first-order valence-corrected chi connectivity index (χ1v) is 10.1. The average molecular weight is 515 g/mol. The minimum atomic E-state index is -0.207. The van der Waals surface area contributed by atoms with Crippen LogP contribution >= 0.6 is 35.3 Å². The third kappa shape index (κ3) is 6.44. The van der Waals surface area contributed by atoms with E-state index >= 15 is 0 Å². The minimum Gasteiger partial charge on any atom is -0.361 e. The lowest BCUT2D eigenvalue weighted by molar-refractivity contribution is 0.629. The van der Waals surface area contributed by atoms with Gasteiger partial charge in [0.15, 0.2) is 5.96 Å². The van der Waals surface area contributed by atoms with Crippen molar-refractivity contribution in [3.63, 3.8) is 0 Å². The number of aryl methyl sites for hydroxylation is 2. The minimum absolute atomic E-state index is 0. The zero-order valence-corrected chi connectivity index (χ0v) is 19.4. The number of unbranched alkanes of at least 4 members (excludes halogenated alkanes) is 1. The Morgan fingerprint density at radius 2 is 2.04 bits per heavy atom. The first-order valence-electron chi connectivity index (χ1n) is 9.27. The fourth-order valence-electron chi connectivity index (χ4n) is 3.02. The van der Waals surface area contributed by atoms with Gasteiger partial charge in [0.25, 0.3) is 0 Å². The third-order valence-electron chi connectivity index (χ3n) is 4.42. The van der Waals surface area contributed by atoms with Gasteiger partial charge in [-0.25, -0.2) is 9.37 Å². The van der Waals surface area contributed by atoms with E-state index in [-0.39, 0.29) is 29.8 Å². The predicted molar refractivity (Wildman–Crippen MR) is 127 cm³/mol. The van der Waals surface area contributed by atoms with Crippen molar-refractivity contribution < 1.29 is 4.39 Å². The van der Waals surface area contributed by atoms with E-state index in [0.29, 0.717) is 0 Å². The van der Waals surface area contributed by atoms with Crippen LogP contribution in [0.15, 0.2) is 34.8 Å². The quantitative estimate of drug-likeness (QED) is 0.180. The maximum atomic E-state index is 13.4. The van der Waals surface area contributed by atoms with Crippen molar-refractivity contribution in [2.45, 2.75) is 32.6 Å². The van der Waals surface area contributed by atoms with Crippen molar-refractivity contribution in [3.05, 3.63) is 51.9 Å². The summed E-state index contributed by atoms with van der Waals surface area (Å²) in [4.78, 5) is 11.9. The van der Waals surface area contributed by atoms with E-state index < -0.39 is 0 Å². The SMILES string of the molecule is CN=C(NCCCCc1nc(C)cs1)NCCc1c[nH]c2ccc(F)cc12.I. The number of rotatable bonds is 8. The molecule has 0 radical (unpaired) electrons. The average Bonchev–Trinajstić information content (AvgIpc) is 3.26. The van der Waals surface area contributed by atoms with Crippen molar-refractivity contribution in [3.8, 4) is 0 Å². The van der Waals surface area contributed by atoms with Crippen LogP contribution in [0.5, 0.6) is 0 Å². The first-order chi connectivity index (χ1) is 13.2. The maximum absolute atomic E-state index is 13.4. The van der Waals surface area contributed by atoms with E-state index in [1.54, 1.807) is 30.5 Å². The van der Waals surface area contributed by atoms with Crippen LogP contribution in [-0.4, -0.2) is 36.1 Å². The molecule has 28 heavy (non-hydrogen) atoms. The number of halogens is 2. The fraction of sp³-hybridized carbons (Fsp3) is 0.400. The Kier molecular flexibility index (Phi) is 9.17. The van der Waals surface area contributed by atoms with Crippen LogP contribution in [0.2, 0.25) is 0 Å². The van der Waals surface area contributed by atoms with Crippen LogP contribution < -0.4 is 10.6 Å². The Labute approximate surface area is 186 Å². The molecule has 0 unspecified atom stereocenters. The number of hydrogen-bond donors (Lipinski definition) is 3. The second-order valence-electron chi connectivity index (χ2n) is 6.52. The topological polar surface area (TPSA) is 65.1 Å². The largest absolute Gasteiger partial charge is 0.361 e. The molecule has 0 bridgehead atoms. The number of fused-ring (bicyclic) bond motifs is 1. The summed E-state index contributed by atoms with van der Waals surface area (Å²) in [5, 5.41) is 10.9. The van der Waals surface area contributed by atoms with E-state index in [2.05, 4.69) is 31.0 Å². The number of thiazole rings is 1. The predicted octanol–water partition coefficient (Wildman–Crippen LogP) is 4.42. The molecule has 0 aliphatic carbocycles. The molecule has 1 aromatic carbocycles. The summed E-state index contributed by atoms with van der Waals surface area (Å²) in [5.41, 5.74) is 3.17. The van der Waals surface area contributed by atoms with Gasteiger partial charge >= 0.3 is 0 Å². The number of benzene rings is 1. The van der Waals surface area contributed by atoms with Gasteiger partial charge in [-0.1, -0.05) is 0 Å². The molecule has 0 aliphatic rings. The molecule has 0 aliphatic heterocycles. The summed E-state index contributed by atoms with van der Waals surface area (Å²) in [7, 11) is 1.77. The Hall–Kier alpha value is -1.68. The Bertz CT molecular complexity index is 905. The van der Waals surface area contributed by atoms with E-state index in [0.717, 1.165) is 66.9 Å². The maximum Gasteiger partial charge on any atom is 0.190 e. The summed E-state index contributed by atoms with van der Waals surface area (Å²) in [5.74, 6) is 0.591. The summed E-state index contributed by atoms with van der Waals surface area (Å²) < 4.78 is 13.4. The first kappa shape index (κ1) is 22.6. The monoisotopic (exact) mass is 515 g/mol. The number of nitrogens with zero attached hydrogens (tertiary/aromatic N) is 2. The van der Waals surface area contributed by atoms with E-state index in [1.165, 1.54) is 11.1 Å². The highest BCUT2D eigenvalue weighted by Crippen LogP contribution is 2.19. The van der Waals surface area contributed by atoms with Crippen molar-refractivity contribution in [2.75, 3.05) is 20.1 Å². The van der Waals surface area contributed by atoms with Crippen LogP contribution in [0.3, 0.4) is 0 Å². The number of guanidine groups is 1. The van der Waals surface area contributed by atoms with Crippen molar-refractivity contribution in [2.24, 2.45) is 4.99 Å². The van der Waals surface area contributed by atoms with Crippen LogP contribution in [0.25, 0.3) is 10.9 Å². The molecule has 3 aromatic rings. The zero-order valence-electron chi connectivity index (χ0n) is 16.2. The highest BCUT2D eigenvalue weighted by atomic mass is 127. The molecule has 2 aromatic heterocycles. The molecule has 2 heterocycles. The van der Waals surface area contributed by atoms with Gasteiger partial charge in [0.2, 0.25) is 0 Å². The molecule has 0 atom stereocenters. The molecule has 0 spiro atoms. The molecule has 0 saturated heterocycles. The third-order valence-corrected chi connectivity index (χ3v) is 5.44. The highest BCUT2D eigenvalue weighted by Gasteiger charge is 2.05. The molecule has 8 heteroatoms. The van der Waals surface area contributed by atoms with Crippen molar-refractivity contribution in [1.29, 1.82) is 0 Å². The molecule has 0 amide bonds. The number of hydrogen-bond acceptors (Lipinski definition) is 3. The van der Waals surface area contributed by atoms with Gasteiger partial charge in [-0.2, -0.15) is 0 Å². The molecule has 0 saturated carbocycles. The highest BCUT2D eigenvalue weighted by molar-refractivity contribution is 14.0. The van der Waals surface area contributed by atoms with Gasteiger partial charge in [0.1, 0.15) is 5.82 Å². The van der Waals surface area contributed by atoms with Gasteiger partial charge in [0.05, 0.1) is 5.01 Å². The van der Waals surface area contributed by atoms with Gasteiger partial charge in [0, 0.05) is 48.3 Å². The fourth-order valence-corrected chi connectivity index (χ4v) is 3.84. The smallest absolute Gasteiger partial charge is 0.190 e. The number of H-pyrrole nitrogens is 1. The number of nitrogens with one attached hydrogen (secondary N) is 3. The molecular weight excluding hydrogens is 488 g/mol. The Balaban J connectivity index is 0.00000280. The molecule has 3 rings (SSSR count). The Morgan fingerprint density at radius 1 is 1.21 bits per heavy atom. The summed E-state index contributed by atoms with van der Waals surface area (Å²) in [6.45, 7) is 3.65. The lowest BCUT2D eigenvalue weighted by atomic mass is 10.1. The lowest BCUT2D eigenvalue weighted by Crippen LogP contribution is -2.38. The number of aliphatic imine (C=N–C) groups is 1. The number of aromatic nitrogens is 2. The van der Waals surface area contributed by atoms with Crippen LogP contribution in [-0.2, 0) is 12.8 Å². The van der Waals surface area contributed by atoms with Gasteiger partial charge in [-0.05, 0) is 56.4 Å². The van der Waals surface area contributed by atoms with Crippen LogP contribution in [0.4, 0.5) is 4.39 Å². The van der Waals surface area contributed by atoms with E-state index in [9.17, 15) is 4.39 Å². The van der Waals surface area contributed by atoms with E-state index in [1.807, 2.05) is 13.1 Å².